The molecule has 0 radical (unpaired) electrons. The zero-order chi connectivity index (χ0) is 30.6. The Morgan fingerprint density at radius 2 is 1.37 bits per heavy atom. The van der Waals surface area contributed by atoms with Gasteiger partial charge in [-0.2, -0.15) is 0 Å². The van der Waals surface area contributed by atoms with Gasteiger partial charge in [-0.25, -0.2) is 16.8 Å². The Morgan fingerprint density at radius 3 is 2.09 bits per heavy atom. The summed E-state index contributed by atoms with van der Waals surface area (Å²) < 4.78 is 56.7. The Bertz CT molecular complexity index is 2030. The average Bonchev–Trinajstić information content (AvgIpc) is 3.00. The van der Waals surface area contributed by atoms with Gasteiger partial charge >= 0.3 is 0 Å². The molecule has 0 spiro atoms. The number of rotatable bonds is 10. The Kier molecular flexibility index (Phi) is 8.10. The largest absolute Gasteiger partial charge is 0.325 e. The Balaban J connectivity index is 1.36. The number of nitro benzene ring substituents is 1. The van der Waals surface area contributed by atoms with Crippen molar-refractivity contribution in [3.8, 4) is 0 Å². The van der Waals surface area contributed by atoms with Crippen molar-refractivity contribution in [2.75, 3.05) is 20.9 Å². The zero-order valence-electron chi connectivity index (χ0n) is 22.3. The number of hydrogen-bond donors (Lipinski definition) is 2. The van der Waals surface area contributed by atoms with Crippen molar-refractivity contribution >= 4 is 59.5 Å². The van der Waals surface area contributed by atoms with Crippen molar-refractivity contribution < 1.29 is 26.6 Å². The standard InChI is InChI=1S/C30H24N4O7S2/c35-30(21-33(24-11-2-1-3-12-24)43(40,41)29-16-7-6-15-28(29)34(36)37)31-23-17-19-25(20-18-23)42(38,39)32-27-14-8-10-22-9-4-5-13-26(22)27/h1-20,32H,21H2,(H,31,35). The maximum Gasteiger partial charge on any atom is 0.289 e. The second kappa shape index (κ2) is 11.9. The summed E-state index contributed by atoms with van der Waals surface area (Å²) in [6.07, 6.45) is 0. The number of sulfonamides is 2. The van der Waals surface area contributed by atoms with E-state index in [0.29, 0.717) is 5.69 Å². The van der Waals surface area contributed by atoms with Gasteiger partial charge in [-0.3, -0.25) is 23.9 Å². The van der Waals surface area contributed by atoms with Crippen LogP contribution < -0.4 is 14.3 Å². The summed E-state index contributed by atoms with van der Waals surface area (Å²) in [4.78, 5) is 23.2. The third-order valence-electron chi connectivity index (χ3n) is 6.44. The lowest BCUT2D eigenvalue weighted by atomic mass is 10.1. The first-order valence-electron chi connectivity index (χ1n) is 12.8. The molecular weight excluding hydrogens is 592 g/mol. The van der Waals surface area contributed by atoms with E-state index in [1.54, 1.807) is 36.4 Å². The molecule has 0 aliphatic carbocycles. The molecule has 13 heteroatoms. The van der Waals surface area contributed by atoms with Crippen LogP contribution in [0, 0.1) is 10.1 Å². The lowest BCUT2D eigenvalue weighted by Gasteiger charge is -2.24. The summed E-state index contributed by atoms with van der Waals surface area (Å²) in [5, 5.41) is 15.7. The number of para-hydroxylation sites is 2. The molecule has 0 aliphatic heterocycles. The Labute approximate surface area is 247 Å². The summed E-state index contributed by atoms with van der Waals surface area (Å²) >= 11 is 0. The first-order valence-corrected chi connectivity index (χ1v) is 15.7. The quantitative estimate of drug-likeness (QED) is 0.158. The fraction of sp³-hybridized carbons (Fsp3) is 0.0333. The number of amides is 1. The van der Waals surface area contributed by atoms with E-state index in [-0.39, 0.29) is 16.3 Å². The van der Waals surface area contributed by atoms with E-state index in [2.05, 4.69) is 10.0 Å². The molecular formula is C30H24N4O7S2. The second-order valence-corrected chi connectivity index (χ2v) is 12.8. The van der Waals surface area contributed by atoms with Crippen molar-refractivity contribution in [3.63, 3.8) is 0 Å². The van der Waals surface area contributed by atoms with Gasteiger partial charge in [0.05, 0.1) is 21.2 Å². The molecule has 0 saturated carbocycles. The Morgan fingerprint density at radius 1 is 0.744 bits per heavy atom. The molecule has 0 fully saturated rings. The summed E-state index contributed by atoms with van der Waals surface area (Å²) in [5.41, 5.74) is 0.121. The van der Waals surface area contributed by atoms with Crippen LogP contribution in [0.5, 0.6) is 0 Å². The molecule has 43 heavy (non-hydrogen) atoms. The molecule has 218 valence electrons. The average molecular weight is 617 g/mol. The number of hydrogen-bond acceptors (Lipinski definition) is 7. The molecule has 5 rings (SSSR count). The molecule has 0 unspecified atom stereocenters. The van der Waals surface area contributed by atoms with Crippen molar-refractivity contribution in [2.24, 2.45) is 0 Å². The molecule has 11 nitrogen and oxygen atoms in total. The highest BCUT2D eigenvalue weighted by molar-refractivity contribution is 7.93. The van der Waals surface area contributed by atoms with E-state index in [1.165, 1.54) is 48.5 Å². The second-order valence-electron chi connectivity index (χ2n) is 9.28. The first kappa shape index (κ1) is 29.2. The minimum Gasteiger partial charge on any atom is -0.325 e. The molecule has 0 aliphatic rings. The van der Waals surface area contributed by atoms with E-state index in [4.69, 9.17) is 0 Å². The van der Waals surface area contributed by atoms with Crippen LogP contribution in [0.1, 0.15) is 0 Å². The normalized spacial score (nSPS) is 11.5. The monoisotopic (exact) mass is 616 g/mol. The lowest BCUT2D eigenvalue weighted by molar-refractivity contribution is -0.387. The van der Waals surface area contributed by atoms with Crippen molar-refractivity contribution in [1.82, 2.24) is 0 Å². The minimum absolute atomic E-state index is 0.0525. The van der Waals surface area contributed by atoms with E-state index >= 15 is 0 Å². The van der Waals surface area contributed by atoms with Gasteiger partial charge in [0, 0.05) is 17.1 Å². The van der Waals surface area contributed by atoms with Gasteiger partial charge in [0.2, 0.25) is 5.91 Å². The predicted octanol–water partition coefficient (Wildman–Crippen LogP) is 5.38. The molecule has 5 aromatic carbocycles. The number of benzene rings is 5. The fourth-order valence-corrected chi connectivity index (χ4v) is 7.08. The van der Waals surface area contributed by atoms with Crippen LogP contribution in [-0.4, -0.2) is 34.2 Å². The molecule has 0 aromatic heterocycles. The highest BCUT2D eigenvalue weighted by Gasteiger charge is 2.33. The lowest BCUT2D eigenvalue weighted by Crippen LogP contribution is -2.38. The number of nitrogens with zero attached hydrogens (tertiary/aromatic N) is 2. The summed E-state index contributed by atoms with van der Waals surface area (Å²) in [6.45, 7) is -0.707. The summed E-state index contributed by atoms with van der Waals surface area (Å²) in [5.74, 6) is -0.754. The predicted molar refractivity (Wildman–Crippen MR) is 164 cm³/mol. The van der Waals surface area contributed by atoms with Gasteiger partial charge in [0.1, 0.15) is 6.54 Å². The molecule has 5 aromatic rings. The van der Waals surface area contributed by atoms with Crippen LogP contribution in [0.3, 0.4) is 0 Å². The van der Waals surface area contributed by atoms with E-state index in [0.717, 1.165) is 27.2 Å². The molecule has 0 bridgehead atoms. The first-order chi connectivity index (χ1) is 20.6. The Hall–Kier alpha value is -5.27. The van der Waals surface area contributed by atoms with Crippen LogP contribution in [0.4, 0.5) is 22.7 Å². The maximum absolute atomic E-state index is 13.6. The number of nitro groups is 1. The zero-order valence-corrected chi connectivity index (χ0v) is 24.0. The molecule has 0 saturated heterocycles. The third kappa shape index (κ3) is 6.32. The van der Waals surface area contributed by atoms with Crippen LogP contribution in [0.15, 0.2) is 131 Å². The number of carbonyl (C=O) groups is 1. The van der Waals surface area contributed by atoms with Gasteiger partial charge in [-0.1, -0.05) is 66.7 Å². The fourth-order valence-electron chi connectivity index (χ4n) is 4.42. The minimum atomic E-state index is -4.55. The molecule has 0 atom stereocenters. The number of carbonyl (C=O) groups excluding carboxylic acids is 1. The number of fused-ring (bicyclic) bond motifs is 1. The maximum atomic E-state index is 13.6. The van der Waals surface area contributed by atoms with Gasteiger partial charge in [-0.15, -0.1) is 0 Å². The van der Waals surface area contributed by atoms with Gasteiger partial charge in [0.15, 0.2) is 4.90 Å². The summed E-state index contributed by atoms with van der Waals surface area (Å²) in [7, 11) is -8.52. The van der Waals surface area contributed by atoms with Crippen molar-refractivity contribution in [3.05, 3.63) is 131 Å². The molecule has 2 N–H and O–H groups in total. The highest BCUT2D eigenvalue weighted by Crippen LogP contribution is 2.30. The third-order valence-corrected chi connectivity index (χ3v) is 9.65. The van der Waals surface area contributed by atoms with Crippen molar-refractivity contribution in [1.29, 1.82) is 0 Å². The van der Waals surface area contributed by atoms with E-state index in [9.17, 15) is 31.7 Å². The molecule has 0 heterocycles. The SMILES string of the molecule is O=C(CN(c1ccccc1)S(=O)(=O)c1ccccc1[N+](=O)[O-])Nc1ccc(S(=O)(=O)Nc2cccc3ccccc23)cc1. The highest BCUT2D eigenvalue weighted by atomic mass is 32.2. The van der Waals surface area contributed by atoms with Gasteiger partial charge in [0.25, 0.3) is 25.7 Å². The van der Waals surface area contributed by atoms with Crippen LogP contribution >= 0.6 is 0 Å². The van der Waals surface area contributed by atoms with Crippen molar-refractivity contribution in [2.45, 2.75) is 9.79 Å². The van der Waals surface area contributed by atoms with Crippen LogP contribution in [-0.2, 0) is 24.8 Å². The van der Waals surface area contributed by atoms with E-state index < -0.39 is 48.0 Å². The van der Waals surface area contributed by atoms with Gasteiger partial charge < -0.3 is 5.32 Å². The van der Waals surface area contributed by atoms with Gasteiger partial charge in [-0.05, 0) is 53.9 Å². The summed E-state index contributed by atoms with van der Waals surface area (Å²) in [6, 6.07) is 30.6. The van der Waals surface area contributed by atoms with Crippen LogP contribution in [0.25, 0.3) is 10.8 Å². The number of nitrogens with one attached hydrogen (secondary N) is 2. The van der Waals surface area contributed by atoms with Crippen LogP contribution in [0.2, 0.25) is 0 Å². The number of anilines is 3. The smallest absolute Gasteiger partial charge is 0.289 e. The molecule has 1 amide bonds. The van der Waals surface area contributed by atoms with E-state index in [1.807, 2.05) is 24.3 Å². The topological polar surface area (TPSA) is 156 Å².